The molecule has 0 aliphatic rings. The van der Waals surface area contributed by atoms with Gasteiger partial charge in [0, 0.05) is 6.54 Å². The van der Waals surface area contributed by atoms with Gasteiger partial charge < -0.3 is 15.3 Å². The first-order valence-electron chi connectivity index (χ1n) is 4.70. The molecule has 3 N–H and O–H groups in total. The van der Waals surface area contributed by atoms with Gasteiger partial charge in [-0.1, -0.05) is 0 Å². The van der Waals surface area contributed by atoms with Gasteiger partial charge in [-0.2, -0.15) is 5.48 Å². The third-order valence-electron chi connectivity index (χ3n) is 1.39. The minimum Gasteiger partial charge on any atom is -0.379 e. The van der Waals surface area contributed by atoms with Crippen LogP contribution in [-0.4, -0.2) is 32.3 Å². The third kappa shape index (κ3) is 6.82. The van der Waals surface area contributed by atoms with Gasteiger partial charge in [0.1, 0.15) is 0 Å². The van der Waals surface area contributed by atoms with E-state index in [1.54, 1.807) is 20.8 Å². The molecule has 14 heavy (non-hydrogen) atoms. The Kier molecular flexibility index (Phi) is 6.44. The van der Waals surface area contributed by atoms with E-state index in [1.807, 2.05) is 0 Å². The Labute approximate surface area is 84.9 Å². The lowest BCUT2D eigenvalue weighted by atomic mass is 9.98. The molecule has 0 aliphatic carbocycles. The van der Waals surface area contributed by atoms with Gasteiger partial charge in [0.2, 0.25) is 0 Å². The van der Waals surface area contributed by atoms with Crippen molar-refractivity contribution in [3.05, 3.63) is 0 Å². The molecule has 0 bridgehead atoms. The van der Waals surface area contributed by atoms with Gasteiger partial charge in [0.15, 0.2) is 0 Å². The number of hydroxylamine groups is 1. The Morgan fingerprint density at radius 1 is 1.36 bits per heavy atom. The van der Waals surface area contributed by atoms with Crippen molar-refractivity contribution in [2.75, 3.05) is 26.3 Å². The smallest absolute Gasteiger partial charge is 0.329 e. The average molecular weight is 204 g/mol. The summed E-state index contributed by atoms with van der Waals surface area (Å²) in [5.41, 5.74) is 7.27. The molecule has 0 unspecified atom stereocenters. The van der Waals surface area contributed by atoms with Gasteiger partial charge in [0.05, 0.1) is 25.2 Å². The molecule has 0 amide bonds. The van der Waals surface area contributed by atoms with Crippen molar-refractivity contribution in [3.8, 4) is 0 Å². The SMILES string of the molecule is CC(C)(C)C(=O)ONCCOCCN. The molecule has 0 fully saturated rings. The largest absolute Gasteiger partial charge is 0.379 e. The van der Waals surface area contributed by atoms with Gasteiger partial charge in [-0.25, -0.2) is 4.79 Å². The van der Waals surface area contributed by atoms with Crippen molar-refractivity contribution >= 4 is 5.97 Å². The summed E-state index contributed by atoms with van der Waals surface area (Å²) in [7, 11) is 0. The number of carbonyl (C=O) groups is 1. The Morgan fingerprint density at radius 2 is 2.00 bits per heavy atom. The lowest BCUT2D eigenvalue weighted by Crippen LogP contribution is -2.31. The fourth-order valence-corrected chi connectivity index (χ4v) is 0.569. The monoisotopic (exact) mass is 204 g/mol. The molecule has 0 aromatic carbocycles. The molecule has 0 rings (SSSR count). The summed E-state index contributed by atoms with van der Waals surface area (Å²) in [4.78, 5) is 16.0. The molecular formula is C9H20N2O3. The number of carbonyl (C=O) groups excluding carboxylic acids is 1. The standard InChI is InChI=1S/C9H20N2O3/c1-9(2,3)8(12)14-11-5-7-13-6-4-10/h11H,4-7,10H2,1-3H3. The van der Waals surface area contributed by atoms with Crippen molar-refractivity contribution in [2.45, 2.75) is 20.8 Å². The van der Waals surface area contributed by atoms with Crippen molar-refractivity contribution in [2.24, 2.45) is 11.1 Å². The summed E-state index contributed by atoms with van der Waals surface area (Å²) in [6.45, 7) is 7.36. The molecule has 84 valence electrons. The molecule has 0 atom stereocenters. The van der Waals surface area contributed by atoms with Crippen LogP contribution in [0.5, 0.6) is 0 Å². The van der Waals surface area contributed by atoms with Crippen LogP contribution in [0.1, 0.15) is 20.8 Å². The molecule has 0 heterocycles. The average Bonchev–Trinajstić information content (AvgIpc) is 2.09. The van der Waals surface area contributed by atoms with Gasteiger partial charge in [-0.15, -0.1) is 0 Å². The van der Waals surface area contributed by atoms with Crippen LogP contribution in [-0.2, 0) is 14.4 Å². The highest BCUT2D eigenvalue weighted by molar-refractivity contribution is 5.75. The fourth-order valence-electron chi connectivity index (χ4n) is 0.569. The predicted octanol–water partition coefficient (Wildman–Crippen LogP) is 0.0556. The van der Waals surface area contributed by atoms with Gasteiger partial charge in [-0.3, -0.25) is 0 Å². The Bertz CT molecular complexity index is 166. The van der Waals surface area contributed by atoms with Crippen LogP contribution in [0.2, 0.25) is 0 Å². The minimum atomic E-state index is -0.481. The predicted molar refractivity (Wildman–Crippen MR) is 53.4 cm³/mol. The number of nitrogens with one attached hydrogen (secondary N) is 1. The molecule has 0 spiro atoms. The highest BCUT2D eigenvalue weighted by Gasteiger charge is 2.23. The van der Waals surface area contributed by atoms with E-state index in [0.717, 1.165) is 0 Å². The van der Waals surface area contributed by atoms with Crippen LogP contribution < -0.4 is 11.2 Å². The zero-order chi connectivity index (χ0) is 11.0. The van der Waals surface area contributed by atoms with E-state index in [9.17, 15) is 4.79 Å². The summed E-state index contributed by atoms with van der Waals surface area (Å²) in [6.07, 6.45) is 0. The van der Waals surface area contributed by atoms with Crippen LogP contribution in [0.3, 0.4) is 0 Å². The highest BCUT2D eigenvalue weighted by Crippen LogP contribution is 2.13. The van der Waals surface area contributed by atoms with Crippen LogP contribution in [0.4, 0.5) is 0 Å². The molecule has 0 aliphatic heterocycles. The third-order valence-corrected chi connectivity index (χ3v) is 1.39. The number of hydrogen-bond donors (Lipinski definition) is 2. The Hall–Kier alpha value is -0.650. The van der Waals surface area contributed by atoms with Crippen LogP contribution in [0, 0.1) is 5.41 Å². The van der Waals surface area contributed by atoms with Crippen LogP contribution in [0.15, 0.2) is 0 Å². The molecule has 0 aromatic heterocycles. The zero-order valence-electron chi connectivity index (χ0n) is 9.13. The molecule has 0 aromatic rings. The molecule has 0 saturated carbocycles. The maximum Gasteiger partial charge on any atom is 0.329 e. The second kappa shape index (κ2) is 6.75. The summed E-state index contributed by atoms with van der Waals surface area (Å²) in [6, 6.07) is 0. The van der Waals surface area contributed by atoms with Crippen molar-refractivity contribution < 1.29 is 14.4 Å². The van der Waals surface area contributed by atoms with Crippen LogP contribution >= 0.6 is 0 Å². The molecule has 5 heteroatoms. The maximum absolute atomic E-state index is 11.2. The van der Waals surface area contributed by atoms with Crippen molar-refractivity contribution in [1.82, 2.24) is 5.48 Å². The summed E-state index contributed by atoms with van der Waals surface area (Å²) < 4.78 is 5.07. The zero-order valence-corrected chi connectivity index (χ0v) is 9.13. The Morgan fingerprint density at radius 3 is 2.50 bits per heavy atom. The molecule has 0 radical (unpaired) electrons. The number of ether oxygens (including phenoxy) is 1. The second-order valence-electron chi connectivity index (χ2n) is 3.93. The first kappa shape index (κ1) is 13.4. The van der Waals surface area contributed by atoms with E-state index in [0.29, 0.717) is 26.3 Å². The Balaban J connectivity index is 3.33. The number of nitrogens with two attached hydrogens (primary N) is 1. The van der Waals surface area contributed by atoms with Crippen molar-refractivity contribution in [3.63, 3.8) is 0 Å². The van der Waals surface area contributed by atoms with E-state index < -0.39 is 5.41 Å². The van der Waals surface area contributed by atoms with Crippen LogP contribution in [0.25, 0.3) is 0 Å². The minimum absolute atomic E-state index is 0.281. The van der Waals surface area contributed by atoms with Crippen molar-refractivity contribution in [1.29, 1.82) is 0 Å². The molecular weight excluding hydrogens is 184 g/mol. The highest BCUT2D eigenvalue weighted by atomic mass is 16.7. The first-order chi connectivity index (χ1) is 6.48. The maximum atomic E-state index is 11.2. The lowest BCUT2D eigenvalue weighted by Gasteiger charge is -2.16. The summed E-state index contributed by atoms with van der Waals surface area (Å²) >= 11 is 0. The van der Waals surface area contributed by atoms with Gasteiger partial charge in [0.25, 0.3) is 0 Å². The molecule has 0 saturated heterocycles. The summed E-state index contributed by atoms with van der Waals surface area (Å²) in [5.74, 6) is -0.281. The normalized spacial score (nSPS) is 11.4. The van der Waals surface area contributed by atoms with E-state index in [2.05, 4.69) is 5.48 Å². The van der Waals surface area contributed by atoms with Gasteiger partial charge in [-0.05, 0) is 20.8 Å². The number of rotatable bonds is 6. The topological polar surface area (TPSA) is 73.6 Å². The second-order valence-corrected chi connectivity index (χ2v) is 3.93. The molecule has 5 nitrogen and oxygen atoms in total. The first-order valence-corrected chi connectivity index (χ1v) is 4.70. The summed E-state index contributed by atoms with van der Waals surface area (Å²) in [5, 5.41) is 0. The van der Waals surface area contributed by atoms with Gasteiger partial charge >= 0.3 is 5.97 Å². The van der Waals surface area contributed by atoms with E-state index in [1.165, 1.54) is 0 Å². The van der Waals surface area contributed by atoms with E-state index >= 15 is 0 Å². The quantitative estimate of drug-likeness (QED) is 0.472. The van der Waals surface area contributed by atoms with E-state index in [-0.39, 0.29) is 5.97 Å². The number of hydrogen-bond acceptors (Lipinski definition) is 5. The lowest BCUT2D eigenvalue weighted by molar-refractivity contribution is -0.161. The van der Waals surface area contributed by atoms with E-state index in [4.69, 9.17) is 15.3 Å². The fraction of sp³-hybridized carbons (Fsp3) is 0.889.